The van der Waals surface area contributed by atoms with Crippen LogP contribution in [0.25, 0.3) is 11.0 Å². The number of likely N-dealkylation sites (N-methyl/N-ethyl adjacent to an activating group) is 1. The van der Waals surface area contributed by atoms with Crippen LogP contribution < -0.4 is 15.1 Å². The molecule has 1 aliphatic heterocycles. The van der Waals surface area contributed by atoms with Gasteiger partial charge in [-0.3, -0.25) is 0 Å². The molecule has 0 aliphatic carbocycles. The standard InChI is InChI=1S/C16H20N8/c1-17-16-19-7-4-13(22-16)23(2)11-5-8-24(9-11)15-12-3-6-18-14(12)20-10-21-15/h3-4,6-7,10-11H,5,8-9H2,1-2H3,(H,17,19,22)(H,18,20,21). The summed E-state index contributed by atoms with van der Waals surface area (Å²) in [5.74, 6) is 2.56. The lowest BCUT2D eigenvalue weighted by molar-refractivity contribution is 0.683. The second-order valence-corrected chi connectivity index (χ2v) is 5.93. The number of rotatable bonds is 4. The average Bonchev–Trinajstić information content (AvgIpc) is 3.30. The topological polar surface area (TPSA) is 85.9 Å². The average molecular weight is 324 g/mol. The van der Waals surface area contributed by atoms with Gasteiger partial charge in [-0.05, 0) is 18.6 Å². The molecule has 0 amide bonds. The molecule has 1 atom stereocenters. The van der Waals surface area contributed by atoms with E-state index in [-0.39, 0.29) is 0 Å². The molecular formula is C16H20N8. The number of aromatic amines is 1. The molecule has 24 heavy (non-hydrogen) atoms. The van der Waals surface area contributed by atoms with Crippen LogP contribution in [0.5, 0.6) is 0 Å². The SMILES string of the molecule is CNc1nccc(N(C)C2CCN(c3ncnc4[nH]ccc34)C2)n1. The summed E-state index contributed by atoms with van der Waals surface area (Å²) in [6.45, 7) is 1.88. The van der Waals surface area contributed by atoms with Crippen LogP contribution in [0.15, 0.2) is 30.9 Å². The molecule has 8 nitrogen and oxygen atoms in total. The maximum absolute atomic E-state index is 4.53. The molecule has 0 aromatic carbocycles. The fraction of sp³-hybridized carbons (Fsp3) is 0.375. The third-order valence-electron chi connectivity index (χ3n) is 4.57. The first-order valence-corrected chi connectivity index (χ1v) is 8.03. The van der Waals surface area contributed by atoms with Gasteiger partial charge in [-0.1, -0.05) is 0 Å². The summed E-state index contributed by atoms with van der Waals surface area (Å²) < 4.78 is 0. The van der Waals surface area contributed by atoms with E-state index in [4.69, 9.17) is 0 Å². The van der Waals surface area contributed by atoms with Crippen LogP contribution in [0.3, 0.4) is 0 Å². The van der Waals surface area contributed by atoms with Gasteiger partial charge in [0, 0.05) is 45.6 Å². The lowest BCUT2D eigenvalue weighted by Crippen LogP contribution is -2.35. The van der Waals surface area contributed by atoms with Crippen molar-refractivity contribution in [2.75, 3.05) is 42.3 Å². The van der Waals surface area contributed by atoms with Gasteiger partial charge in [0.05, 0.1) is 5.39 Å². The highest BCUT2D eigenvalue weighted by molar-refractivity contribution is 5.87. The minimum Gasteiger partial charge on any atom is -0.357 e. The first kappa shape index (κ1) is 14.7. The summed E-state index contributed by atoms with van der Waals surface area (Å²) in [6, 6.07) is 4.36. The van der Waals surface area contributed by atoms with Crippen LogP contribution >= 0.6 is 0 Å². The van der Waals surface area contributed by atoms with E-state index in [1.807, 2.05) is 25.4 Å². The number of hydrogen-bond acceptors (Lipinski definition) is 7. The zero-order chi connectivity index (χ0) is 16.5. The van der Waals surface area contributed by atoms with Gasteiger partial charge in [-0.25, -0.2) is 15.0 Å². The smallest absolute Gasteiger partial charge is 0.224 e. The predicted octanol–water partition coefficient (Wildman–Crippen LogP) is 1.50. The monoisotopic (exact) mass is 324 g/mol. The normalized spacial score (nSPS) is 17.4. The number of hydrogen-bond donors (Lipinski definition) is 2. The van der Waals surface area contributed by atoms with E-state index in [1.165, 1.54) is 0 Å². The number of H-pyrrole nitrogens is 1. The van der Waals surface area contributed by atoms with Crippen LogP contribution in [0, 0.1) is 0 Å². The molecule has 0 bridgehead atoms. The Bertz CT molecular complexity index is 845. The molecule has 3 aromatic heterocycles. The number of nitrogens with one attached hydrogen (secondary N) is 2. The molecule has 1 aliphatic rings. The van der Waals surface area contributed by atoms with Crippen LogP contribution in [0.4, 0.5) is 17.6 Å². The molecule has 0 radical (unpaired) electrons. The molecule has 0 saturated carbocycles. The first-order valence-electron chi connectivity index (χ1n) is 8.03. The number of fused-ring (bicyclic) bond motifs is 1. The van der Waals surface area contributed by atoms with Crippen LogP contribution in [-0.4, -0.2) is 58.1 Å². The van der Waals surface area contributed by atoms with Gasteiger partial charge in [-0.2, -0.15) is 4.98 Å². The summed E-state index contributed by atoms with van der Waals surface area (Å²) in [5, 5.41) is 4.05. The summed E-state index contributed by atoms with van der Waals surface area (Å²) in [5.41, 5.74) is 0.881. The molecule has 3 aromatic rings. The van der Waals surface area contributed by atoms with Crippen molar-refractivity contribution in [3.8, 4) is 0 Å². The van der Waals surface area contributed by atoms with Crippen LogP contribution in [0.1, 0.15) is 6.42 Å². The van der Waals surface area contributed by atoms with Gasteiger partial charge in [0.2, 0.25) is 5.95 Å². The third kappa shape index (κ3) is 2.49. The second kappa shape index (κ2) is 5.95. The van der Waals surface area contributed by atoms with Crippen molar-refractivity contribution in [1.82, 2.24) is 24.9 Å². The van der Waals surface area contributed by atoms with Gasteiger partial charge < -0.3 is 20.1 Å². The van der Waals surface area contributed by atoms with Crippen molar-refractivity contribution in [3.63, 3.8) is 0 Å². The minimum atomic E-state index is 0.383. The van der Waals surface area contributed by atoms with Gasteiger partial charge in [0.15, 0.2) is 0 Å². The molecular weight excluding hydrogens is 304 g/mol. The molecule has 4 heterocycles. The van der Waals surface area contributed by atoms with Gasteiger partial charge >= 0.3 is 0 Å². The Morgan fingerprint density at radius 1 is 1.29 bits per heavy atom. The van der Waals surface area contributed by atoms with E-state index < -0.39 is 0 Å². The largest absolute Gasteiger partial charge is 0.357 e. The zero-order valence-corrected chi connectivity index (χ0v) is 13.8. The van der Waals surface area contributed by atoms with E-state index >= 15 is 0 Å². The Kier molecular flexibility index (Phi) is 3.64. The Morgan fingerprint density at radius 3 is 3.08 bits per heavy atom. The van der Waals surface area contributed by atoms with Gasteiger partial charge in [0.25, 0.3) is 0 Å². The van der Waals surface area contributed by atoms with Crippen molar-refractivity contribution in [2.24, 2.45) is 0 Å². The molecule has 1 unspecified atom stereocenters. The van der Waals surface area contributed by atoms with E-state index in [1.54, 1.807) is 12.5 Å². The quantitative estimate of drug-likeness (QED) is 0.752. The van der Waals surface area contributed by atoms with Crippen molar-refractivity contribution in [1.29, 1.82) is 0 Å². The molecule has 124 valence electrons. The van der Waals surface area contributed by atoms with E-state index in [0.717, 1.165) is 42.2 Å². The maximum atomic E-state index is 4.53. The number of aromatic nitrogens is 5. The minimum absolute atomic E-state index is 0.383. The number of nitrogens with zero attached hydrogens (tertiary/aromatic N) is 6. The van der Waals surface area contributed by atoms with Crippen molar-refractivity contribution in [2.45, 2.75) is 12.5 Å². The molecule has 8 heteroatoms. The molecule has 1 fully saturated rings. The van der Waals surface area contributed by atoms with E-state index in [9.17, 15) is 0 Å². The van der Waals surface area contributed by atoms with Crippen LogP contribution in [-0.2, 0) is 0 Å². The fourth-order valence-corrected chi connectivity index (χ4v) is 3.21. The highest BCUT2D eigenvalue weighted by Gasteiger charge is 2.28. The van der Waals surface area contributed by atoms with E-state index in [2.05, 4.69) is 47.1 Å². The summed E-state index contributed by atoms with van der Waals surface area (Å²) in [4.78, 5) is 25.2. The highest BCUT2D eigenvalue weighted by atomic mass is 15.3. The van der Waals surface area contributed by atoms with Crippen molar-refractivity contribution >= 4 is 28.6 Å². The van der Waals surface area contributed by atoms with Crippen molar-refractivity contribution in [3.05, 3.63) is 30.9 Å². The lowest BCUT2D eigenvalue weighted by atomic mass is 10.2. The zero-order valence-electron chi connectivity index (χ0n) is 13.8. The Hall–Kier alpha value is -2.90. The Balaban J connectivity index is 1.54. The highest BCUT2D eigenvalue weighted by Crippen LogP contribution is 2.28. The molecule has 4 rings (SSSR count). The molecule has 0 spiro atoms. The lowest BCUT2D eigenvalue weighted by Gasteiger charge is -2.26. The summed E-state index contributed by atoms with van der Waals surface area (Å²) >= 11 is 0. The summed E-state index contributed by atoms with van der Waals surface area (Å²) in [6.07, 6.45) is 6.37. The van der Waals surface area contributed by atoms with Crippen LogP contribution in [0.2, 0.25) is 0 Å². The second-order valence-electron chi connectivity index (χ2n) is 5.93. The third-order valence-corrected chi connectivity index (χ3v) is 4.57. The Morgan fingerprint density at radius 2 is 2.21 bits per heavy atom. The van der Waals surface area contributed by atoms with Gasteiger partial charge in [0.1, 0.15) is 23.6 Å². The van der Waals surface area contributed by atoms with Gasteiger partial charge in [-0.15, -0.1) is 0 Å². The predicted molar refractivity (Wildman–Crippen MR) is 94.5 cm³/mol. The first-order chi connectivity index (χ1) is 11.8. The van der Waals surface area contributed by atoms with Crippen molar-refractivity contribution < 1.29 is 0 Å². The summed E-state index contributed by atoms with van der Waals surface area (Å²) in [7, 11) is 3.91. The molecule has 1 saturated heterocycles. The number of anilines is 3. The Labute approximate surface area is 140 Å². The fourth-order valence-electron chi connectivity index (χ4n) is 3.21. The molecule has 2 N–H and O–H groups in total. The van der Waals surface area contributed by atoms with E-state index in [0.29, 0.717) is 12.0 Å². The maximum Gasteiger partial charge on any atom is 0.224 e.